The third kappa shape index (κ3) is 1.62. The number of nitrogens with two attached hydrogens (primary N) is 1. The second-order valence-corrected chi connectivity index (χ2v) is 5.61. The molecule has 1 aromatic heterocycles. The summed E-state index contributed by atoms with van der Waals surface area (Å²) in [5.74, 6) is 0. The Bertz CT molecular complexity index is 940. The lowest BCUT2D eigenvalue weighted by atomic mass is 10.1. The number of nitrogen functional groups attached to an aromatic ring is 1. The van der Waals surface area contributed by atoms with E-state index in [9.17, 15) is 0 Å². The summed E-state index contributed by atoms with van der Waals surface area (Å²) >= 11 is 3.49. The Morgan fingerprint density at radius 1 is 0.789 bits per heavy atom. The Morgan fingerprint density at radius 2 is 1.63 bits per heavy atom. The van der Waals surface area contributed by atoms with Gasteiger partial charge < -0.3 is 10.2 Å². The van der Waals surface area contributed by atoms with Crippen molar-refractivity contribution in [3.05, 3.63) is 53.0 Å². The Morgan fingerprint density at radius 3 is 2.53 bits per heavy atom. The fourth-order valence-corrected chi connectivity index (χ4v) is 2.89. The number of halogens is 1. The molecule has 0 radical (unpaired) electrons. The molecule has 0 saturated heterocycles. The molecule has 0 aliphatic carbocycles. The minimum absolute atomic E-state index is 0.756. The van der Waals surface area contributed by atoms with Crippen molar-refractivity contribution >= 4 is 54.3 Å². The van der Waals surface area contributed by atoms with E-state index in [1.165, 1.54) is 5.39 Å². The van der Waals surface area contributed by atoms with Gasteiger partial charge in [0.15, 0.2) is 0 Å². The van der Waals surface area contributed by atoms with Gasteiger partial charge in [0.05, 0.1) is 0 Å². The lowest BCUT2D eigenvalue weighted by molar-refractivity contribution is 0.669. The van der Waals surface area contributed by atoms with Crippen molar-refractivity contribution in [3.63, 3.8) is 0 Å². The predicted molar refractivity (Wildman–Crippen MR) is 83.3 cm³/mol. The van der Waals surface area contributed by atoms with Crippen molar-refractivity contribution in [2.75, 3.05) is 5.73 Å². The largest absolute Gasteiger partial charge is 0.456 e. The molecule has 92 valence electrons. The molecule has 0 aliphatic heterocycles. The number of hydrogen-bond acceptors (Lipinski definition) is 2. The minimum atomic E-state index is 0.756. The van der Waals surface area contributed by atoms with E-state index in [1.807, 2.05) is 24.3 Å². The van der Waals surface area contributed by atoms with Crippen LogP contribution in [0.2, 0.25) is 0 Å². The van der Waals surface area contributed by atoms with Gasteiger partial charge in [-0.2, -0.15) is 0 Å². The maximum atomic E-state index is 5.88. The zero-order valence-electron chi connectivity index (χ0n) is 9.98. The fraction of sp³-hybridized carbons (Fsp3) is 0. The van der Waals surface area contributed by atoms with Crippen LogP contribution in [-0.4, -0.2) is 0 Å². The first-order valence-corrected chi connectivity index (χ1v) is 6.81. The van der Waals surface area contributed by atoms with Crippen LogP contribution in [0.4, 0.5) is 5.69 Å². The van der Waals surface area contributed by atoms with Crippen LogP contribution in [0.5, 0.6) is 0 Å². The van der Waals surface area contributed by atoms with Crippen LogP contribution in [0.25, 0.3) is 32.7 Å². The van der Waals surface area contributed by atoms with Gasteiger partial charge in [-0.3, -0.25) is 0 Å². The molecule has 2 N–H and O–H groups in total. The van der Waals surface area contributed by atoms with Crippen LogP contribution in [0.15, 0.2) is 57.4 Å². The Hall–Kier alpha value is -2.00. The summed E-state index contributed by atoms with van der Waals surface area (Å²) in [6.45, 7) is 0. The SMILES string of the molecule is Nc1ccc2oc3cc4cc(Br)ccc4cc3c2c1. The first kappa shape index (κ1) is 10.9. The molecule has 0 amide bonds. The molecule has 4 rings (SSSR count). The maximum absolute atomic E-state index is 5.88. The van der Waals surface area contributed by atoms with Crippen LogP contribution in [0.3, 0.4) is 0 Å². The number of rotatable bonds is 0. The van der Waals surface area contributed by atoms with Gasteiger partial charge in [-0.1, -0.05) is 22.0 Å². The number of anilines is 1. The molecular formula is C16H10BrNO. The monoisotopic (exact) mass is 311 g/mol. The van der Waals surface area contributed by atoms with Crippen LogP contribution >= 0.6 is 15.9 Å². The first-order valence-electron chi connectivity index (χ1n) is 6.02. The Kier molecular flexibility index (Phi) is 2.15. The van der Waals surface area contributed by atoms with Crippen molar-refractivity contribution in [3.8, 4) is 0 Å². The molecule has 19 heavy (non-hydrogen) atoms. The van der Waals surface area contributed by atoms with E-state index in [1.54, 1.807) is 0 Å². The van der Waals surface area contributed by atoms with Crippen molar-refractivity contribution < 1.29 is 4.42 Å². The smallest absolute Gasteiger partial charge is 0.136 e. The quantitative estimate of drug-likeness (QED) is 0.460. The lowest BCUT2D eigenvalue weighted by Crippen LogP contribution is -1.81. The highest BCUT2D eigenvalue weighted by Crippen LogP contribution is 2.33. The van der Waals surface area contributed by atoms with Crippen molar-refractivity contribution in [2.45, 2.75) is 0 Å². The van der Waals surface area contributed by atoms with Crippen molar-refractivity contribution in [1.82, 2.24) is 0 Å². The van der Waals surface area contributed by atoms with Gasteiger partial charge >= 0.3 is 0 Å². The van der Waals surface area contributed by atoms with Gasteiger partial charge in [-0.25, -0.2) is 0 Å². The minimum Gasteiger partial charge on any atom is -0.456 e. The van der Waals surface area contributed by atoms with Gasteiger partial charge in [0.1, 0.15) is 11.2 Å². The van der Waals surface area contributed by atoms with Crippen molar-refractivity contribution in [2.24, 2.45) is 0 Å². The molecule has 0 spiro atoms. The highest BCUT2D eigenvalue weighted by atomic mass is 79.9. The van der Waals surface area contributed by atoms with Gasteiger partial charge in [-0.15, -0.1) is 0 Å². The molecule has 0 saturated carbocycles. The standard InChI is InChI=1S/C16H10BrNO/c17-11-2-1-9-6-13-14-8-12(18)3-4-15(14)19-16(13)7-10(9)5-11/h1-8H,18H2. The predicted octanol–water partition coefficient (Wildman–Crippen LogP) is 5.08. The number of hydrogen-bond donors (Lipinski definition) is 1. The molecular weight excluding hydrogens is 302 g/mol. The van der Waals surface area contributed by atoms with Gasteiger partial charge in [0, 0.05) is 20.9 Å². The third-order valence-electron chi connectivity index (χ3n) is 3.41. The lowest BCUT2D eigenvalue weighted by Gasteiger charge is -1.99. The molecule has 2 nitrogen and oxygen atoms in total. The maximum Gasteiger partial charge on any atom is 0.136 e. The normalized spacial score (nSPS) is 11.6. The highest BCUT2D eigenvalue weighted by Gasteiger charge is 2.08. The summed E-state index contributed by atoms with van der Waals surface area (Å²) in [6.07, 6.45) is 0. The second-order valence-electron chi connectivity index (χ2n) is 4.70. The molecule has 3 aromatic carbocycles. The molecule has 4 aromatic rings. The summed E-state index contributed by atoms with van der Waals surface area (Å²) in [5.41, 5.74) is 8.38. The molecule has 3 heteroatoms. The summed E-state index contributed by atoms with van der Waals surface area (Å²) in [6, 6.07) is 16.2. The van der Waals surface area contributed by atoms with Crippen LogP contribution < -0.4 is 5.73 Å². The van der Waals surface area contributed by atoms with Gasteiger partial charge in [-0.05, 0) is 53.2 Å². The van der Waals surface area contributed by atoms with E-state index < -0.39 is 0 Å². The molecule has 1 heterocycles. The summed E-state index contributed by atoms with van der Waals surface area (Å²) in [7, 11) is 0. The van der Waals surface area contributed by atoms with Crippen LogP contribution in [0, 0.1) is 0 Å². The number of furan rings is 1. The van der Waals surface area contributed by atoms with E-state index in [0.717, 1.165) is 37.5 Å². The van der Waals surface area contributed by atoms with Crippen LogP contribution in [-0.2, 0) is 0 Å². The molecule has 0 unspecified atom stereocenters. The van der Waals surface area contributed by atoms with Gasteiger partial charge in [0.25, 0.3) is 0 Å². The first-order chi connectivity index (χ1) is 9.20. The van der Waals surface area contributed by atoms with E-state index in [2.05, 4.69) is 40.2 Å². The summed E-state index contributed by atoms with van der Waals surface area (Å²) in [5, 5.41) is 4.53. The van der Waals surface area contributed by atoms with E-state index in [0.29, 0.717) is 0 Å². The number of benzene rings is 3. The highest BCUT2D eigenvalue weighted by molar-refractivity contribution is 9.10. The van der Waals surface area contributed by atoms with E-state index in [4.69, 9.17) is 10.2 Å². The Labute approximate surface area is 117 Å². The fourth-order valence-electron chi connectivity index (χ4n) is 2.51. The Balaban J connectivity index is 2.20. The van der Waals surface area contributed by atoms with E-state index in [-0.39, 0.29) is 0 Å². The third-order valence-corrected chi connectivity index (χ3v) is 3.91. The summed E-state index contributed by atoms with van der Waals surface area (Å²) in [4.78, 5) is 0. The van der Waals surface area contributed by atoms with Gasteiger partial charge in [0.2, 0.25) is 0 Å². The summed E-state index contributed by atoms with van der Waals surface area (Å²) < 4.78 is 6.95. The molecule has 0 bridgehead atoms. The van der Waals surface area contributed by atoms with Crippen LogP contribution in [0.1, 0.15) is 0 Å². The van der Waals surface area contributed by atoms with E-state index >= 15 is 0 Å². The zero-order chi connectivity index (χ0) is 13.0. The molecule has 0 fully saturated rings. The second kappa shape index (κ2) is 3.75. The topological polar surface area (TPSA) is 39.2 Å². The average Bonchev–Trinajstić information content (AvgIpc) is 2.73. The van der Waals surface area contributed by atoms with Crippen molar-refractivity contribution in [1.29, 1.82) is 0 Å². The molecule has 0 aliphatic rings. The molecule has 0 atom stereocenters. The zero-order valence-corrected chi connectivity index (χ0v) is 11.6. The number of fused-ring (bicyclic) bond motifs is 4. The average molecular weight is 312 g/mol.